The van der Waals surface area contributed by atoms with Crippen LogP contribution in [0.4, 0.5) is 0 Å². The Balaban J connectivity index is 2.56. The van der Waals surface area contributed by atoms with E-state index in [9.17, 15) is 9.90 Å². The first-order valence-corrected chi connectivity index (χ1v) is 6.62. The number of hydrogen-bond donors (Lipinski definition) is 2. The van der Waals surface area contributed by atoms with E-state index >= 15 is 0 Å². The molecule has 0 aromatic carbocycles. The lowest BCUT2D eigenvalue weighted by Gasteiger charge is -2.25. The molecule has 5 heteroatoms. The molecule has 1 aromatic rings. The van der Waals surface area contributed by atoms with Crippen molar-refractivity contribution in [3.63, 3.8) is 0 Å². The van der Waals surface area contributed by atoms with Gasteiger partial charge in [0.2, 0.25) is 5.91 Å². The summed E-state index contributed by atoms with van der Waals surface area (Å²) in [6, 6.07) is 1.73. The Kier molecular flexibility index (Phi) is 5.11. The molecule has 1 heterocycles. The zero-order chi connectivity index (χ0) is 14.6. The van der Waals surface area contributed by atoms with E-state index in [-0.39, 0.29) is 30.5 Å². The fourth-order valence-corrected chi connectivity index (χ4v) is 2.14. The van der Waals surface area contributed by atoms with Crippen LogP contribution in [0.5, 0.6) is 0 Å². The number of nitrogens with one attached hydrogen (secondary N) is 1. The summed E-state index contributed by atoms with van der Waals surface area (Å²) in [5.41, 5.74) is 1.93. The molecule has 5 nitrogen and oxygen atoms in total. The van der Waals surface area contributed by atoms with Gasteiger partial charge in [-0.05, 0) is 31.7 Å². The van der Waals surface area contributed by atoms with Gasteiger partial charge < -0.3 is 10.4 Å². The minimum Gasteiger partial charge on any atom is -0.394 e. The van der Waals surface area contributed by atoms with Crippen molar-refractivity contribution in [1.82, 2.24) is 15.1 Å². The highest BCUT2D eigenvalue weighted by molar-refractivity contribution is 5.76. The first kappa shape index (κ1) is 15.7. The number of amides is 1. The quantitative estimate of drug-likeness (QED) is 0.847. The largest absolute Gasteiger partial charge is 0.394 e. The number of aliphatic hydroxyl groups is 1. The third-order valence-corrected chi connectivity index (χ3v) is 2.84. The highest BCUT2D eigenvalue weighted by Gasteiger charge is 2.20. The highest BCUT2D eigenvalue weighted by atomic mass is 16.3. The molecule has 0 spiro atoms. The SMILES string of the molecule is Cc1cc(C)n(CC(=O)NC(CO)CC(C)(C)C)n1. The van der Waals surface area contributed by atoms with Crippen LogP contribution < -0.4 is 5.32 Å². The second-order valence-corrected chi connectivity index (χ2v) is 6.30. The van der Waals surface area contributed by atoms with Crippen LogP contribution in [0, 0.1) is 19.3 Å². The maximum absolute atomic E-state index is 11.9. The van der Waals surface area contributed by atoms with Gasteiger partial charge in [0, 0.05) is 5.69 Å². The molecule has 108 valence electrons. The summed E-state index contributed by atoms with van der Waals surface area (Å²) >= 11 is 0. The molecule has 0 saturated heterocycles. The predicted molar refractivity (Wildman–Crippen MR) is 74.8 cm³/mol. The van der Waals surface area contributed by atoms with Gasteiger partial charge in [0.1, 0.15) is 6.54 Å². The van der Waals surface area contributed by atoms with Crippen molar-refractivity contribution in [3.05, 3.63) is 17.5 Å². The van der Waals surface area contributed by atoms with Crippen molar-refractivity contribution >= 4 is 5.91 Å². The molecule has 0 saturated carbocycles. The molecule has 2 N–H and O–H groups in total. The number of aryl methyl sites for hydroxylation is 2. The van der Waals surface area contributed by atoms with E-state index in [1.807, 2.05) is 19.9 Å². The third kappa shape index (κ3) is 5.42. The van der Waals surface area contributed by atoms with E-state index < -0.39 is 0 Å². The van der Waals surface area contributed by atoms with Crippen molar-refractivity contribution < 1.29 is 9.90 Å². The number of rotatable bonds is 5. The van der Waals surface area contributed by atoms with Crippen molar-refractivity contribution in [2.75, 3.05) is 6.61 Å². The Morgan fingerprint density at radius 1 is 1.47 bits per heavy atom. The molecule has 0 aliphatic heterocycles. The van der Waals surface area contributed by atoms with Crippen molar-refractivity contribution in [3.8, 4) is 0 Å². The Morgan fingerprint density at radius 2 is 2.11 bits per heavy atom. The molecule has 0 radical (unpaired) electrons. The normalized spacial score (nSPS) is 13.4. The topological polar surface area (TPSA) is 67.2 Å². The average Bonchev–Trinajstić information content (AvgIpc) is 2.54. The smallest absolute Gasteiger partial charge is 0.242 e. The lowest BCUT2D eigenvalue weighted by molar-refractivity contribution is -0.123. The van der Waals surface area contributed by atoms with Crippen LogP contribution in [0.1, 0.15) is 38.6 Å². The number of carbonyl (C=O) groups is 1. The van der Waals surface area contributed by atoms with Crippen LogP contribution in [0.3, 0.4) is 0 Å². The average molecular weight is 267 g/mol. The summed E-state index contributed by atoms with van der Waals surface area (Å²) < 4.78 is 1.68. The molecule has 0 aliphatic carbocycles. The second-order valence-electron chi connectivity index (χ2n) is 6.30. The van der Waals surface area contributed by atoms with Gasteiger partial charge >= 0.3 is 0 Å². The molecule has 1 unspecified atom stereocenters. The zero-order valence-corrected chi connectivity index (χ0v) is 12.5. The van der Waals surface area contributed by atoms with Crippen LogP contribution in [0.2, 0.25) is 0 Å². The van der Waals surface area contributed by atoms with Crippen LogP contribution in [0.15, 0.2) is 6.07 Å². The van der Waals surface area contributed by atoms with Crippen molar-refractivity contribution in [1.29, 1.82) is 0 Å². The number of hydrogen-bond acceptors (Lipinski definition) is 3. The summed E-state index contributed by atoms with van der Waals surface area (Å²) in [4.78, 5) is 11.9. The fraction of sp³-hybridized carbons (Fsp3) is 0.714. The van der Waals surface area contributed by atoms with Gasteiger partial charge in [-0.2, -0.15) is 5.10 Å². The summed E-state index contributed by atoms with van der Waals surface area (Å²) in [5.74, 6) is -0.116. The monoisotopic (exact) mass is 267 g/mol. The first-order valence-electron chi connectivity index (χ1n) is 6.62. The van der Waals surface area contributed by atoms with E-state index in [2.05, 4.69) is 31.2 Å². The molecule has 1 amide bonds. The molecule has 1 aromatic heterocycles. The van der Waals surface area contributed by atoms with E-state index in [0.717, 1.165) is 17.8 Å². The molecule has 0 aliphatic rings. The highest BCUT2D eigenvalue weighted by Crippen LogP contribution is 2.20. The third-order valence-electron chi connectivity index (χ3n) is 2.84. The Labute approximate surface area is 115 Å². The standard InChI is InChI=1S/C14H25N3O2/c1-10-6-11(2)17(16-10)8-13(19)15-12(9-18)7-14(3,4)5/h6,12,18H,7-9H2,1-5H3,(H,15,19). The van der Waals surface area contributed by atoms with Gasteiger partial charge in [0.15, 0.2) is 0 Å². The molecule has 1 atom stereocenters. The van der Waals surface area contributed by atoms with Gasteiger partial charge in [-0.1, -0.05) is 20.8 Å². The van der Waals surface area contributed by atoms with Crippen molar-refractivity contribution in [2.45, 2.75) is 53.6 Å². The second kappa shape index (κ2) is 6.19. The predicted octanol–water partition coefficient (Wildman–Crippen LogP) is 1.41. The summed E-state index contributed by atoms with van der Waals surface area (Å²) in [7, 11) is 0. The maximum Gasteiger partial charge on any atom is 0.242 e. The van der Waals surface area contributed by atoms with Crippen LogP contribution in [0.25, 0.3) is 0 Å². The van der Waals surface area contributed by atoms with Crippen LogP contribution in [-0.2, 0) is 11.3 Å². The molecule has 0 bridgehead atoms. The maximum atomic E-state index is 11.9. The van der Waals surface area contributed by atoms with Gasteiger partial charge in [0.05, 0.1) is 18.3 Å². The lowest BCUT2D eigenvalue weighted by atomic mass is 9.88. The lowest BCUT2D eigenvalue weighted by Crippen LogP contribution is -2.41. The van der Waals surface area contributed by atoms with Gasteiger partial charge in [0.25, 0.3) is 0 Å². The Morgan fingerprint density at radius 3 is 2.53 bits per heavy atom. The number of nitrogens with zero attached hydrogens (tertiary/aromatic N) is 2. The van der Waals surface area contributed by atoms with Crippen LogP contribution in [-0.4, -0.2) is 33.4 Å². The minimum atomic E-state index is -0.204. The van der Waals surface area contributed by atoms with E-state index in [4.69, 9.17) is 0 Å². The Hall–Kier alpha value is -1.36. The Bertz CT molecular complexity index is 432. The molecular weight excluding hydrogens is 242 g/mol. The van der Waals surface area contributed by atoms with Gasteiger partial charge in [-0.3, -0.25) is 9.48 Å². The van der Waals surface area contributed by atoms with Gasteiger partial charge in [-0.25, -0.2) is 0 Å². The summed E-state index contributed by atoms with van der Waals surface area (Å²) in [5, 5.41) is 16.4. The molecular formula is C14H25N3O2. The van der Waals surface area contributed by atoms with Crippen molar-refractivity contribution in [2.24, 2.45) is 5.41 Å². The number of aliphatic hydroxyl groups excluding tert-OH is 1. The van der Waals surface area contributed by atoms with E-state index in [1.165, 1.54) is 0 Å². The summed E-state index contributed by atoms with van der Waals surface area (Å²) in [6.45, 7) is 10.2. The van der Waals surface area contributed by atoms with E-state index in [1.54, 1.807) is 4.68 Å². The number of carbonyl (C=O) groups excluding carboxylic acids is 1. The van der Waals surface area contributed by atoms with Crippen LogP contribution >= 0.6 is 0 Å². The molecule has 1 rings (SSSR count). The van der Waals surface area contributed by atoms with Gasteiger partial charge in [-0.15, -0.1) is 0 Å². The molecule has 0 fully saturated rings. The number of aromatic nitrogens is 2. The zero-order valence-electron chi connectivity index (χ0n) is 12.5. The molecule has 19 heavy (non-hydrogen) atoms. The van der Waals surface area contributed by atoms with E-state index in [0.29, 0.717) is 0 Å². The first-order chi connectivity index (χ1) is 8.71. The minimum absolute atomic E-state index is 0.0415. The fourth-order valence-electron chi connectivity index (χ4n) is 2.14. The summed E-state index contributed by atoms with van der Waals surface area (Å²) in [6.07, 6.45) is 0.742.